The number of para-hydroxylation sites is 1. The zero-order valence-corrected chi connectivity index (χ0v) is 16.5. The Morgan fingerprint density at radius 2 is 1.74 bits per heavy atom. The van der Waals surface area contributed by atoms with E-state index in [0.717, 1.165) is 16.6 Å². The fourth-order valence-electron chi connectivity index (χ4n) is 2.79. The van der Waals surface area contributed by atoms with Crippen LogP contribution in [0.4, 0.5) is 0 Å². The van der Waals surface area contributed by atoms with Crippen molar-refractivity contribution in [3.63, 3.8) is 0 Å². The first-order valence-electron chi connectivity index (χ1n) is 8.86. The molecule has 1 aromatic heterocycles. The van der Waals surface area contributed by atoms with Crippen LogP contribution >= 0.6 is 0 Å². The van der Waals surface area contributed by atoms with Gasteiger partial charge in [0.1, 0.15) is 11.4 Å². The molecule has 7 nitrogen and oxygen atoms in total. The number of fused-ring (bicyclic) bond motifs is 1. The number of nitrogens with zero attached hydrogens (tertiary/aromatic N) is 5. The first-order valence-corrected chi connectivity index (χ1v) is 10.5. The van der Waals surface area contributed by atoms with Gasteiger partial charge < -0.3 is 4.90 Å². The lowest BCUT2D eigenvalue weighted by Crippen LogP contribution is -2.37. The predicted octanol–water partition coefficient (Wildman–Crippen LogP) is 2.72. The average Bonchev–Trinajstić information content (AvgIpc) is 3.09. The fourth-order valence-corrected chi connectivity index (χ4v) is 3.77. The van der Waals surface area contributed by atoms with E-state index < -0.39 is 9.84 Å². The number of aliphatic imine (C=N–C) groups is 1. The van der Waals surface area contributed by atoms with E-state index in [1.54, 1.807) is 28.9 Å². The summed E-state index contributed by atoms with van der Waals surface area (Å²) in [5.41, 5.74) is 2.53. The summed E-state index contributed by atoms with van der Waals surface area (Å²) >= 11 is 0. The van der Waals surface area contributed by atoms with Crippen LogP contribution in [0.2, 0.25) is 0 Å². The van der Waals surface area contributed by atoms with E-state index >= 15 is 0 Å². The molecular formula is C19H23N5O2S. The van der Waals surface area contributed by atoms with Crippen molar-refractivity contribution in [2.75, 3.05) is 19.0 Å². The molecule has 1 heterocycles. The Kier molecular flexibility index (Phi) is 5.55. The molecule has 8 heteroatoms. The highest BCUT2D eigenvalue weighted by atomic mass is 32.2. The van der Waals surface area contributed by atoms with Gasteiger partial charge in [-0.1, -0.05) is 35.0 Å². The predicted molar refractivity (Wildman–Crippen MR) is 107 cm³/mol. The Bertz CT molecular complexity index is 1050. The van der Waals surface area contributed by atoms with Crippen molar-refractivity contribution in [3.8, 4) is 0 Å². The molecule has 3 rings (SSSR count). The molecule has 0 fully saturated rings. The molecule has 142 valence electrons. The summed E-state index contributed by atoms with van der Waals surface area (Å²) in [5.74, 6) is 0.125. The third-order valence-electron chi connectivity index (χ3n) is 4.34. The third kappa shape index (κ3) is 4.00. The van der Waals surface area contributed by atoms with E-state index in [9.17, 15) is 8.42 Å². The van der Waals surface area contributed by atoms with Crippen LogP contribution in [0.3, 0.4) is 0 Å². The maximum absolute atomic E-state index is 12.7. The van der Waals surface area contributed by atoms with Crippen molar-refractivity contribution in [1.29, 1.82) is 0 Å². The number of aromatic nitrogens is 3. The molecule has 0 bridgehead atoms. The summed E-state index contributed by atoms with van der Waals surface area (Å²) in [7, 11) is -3.54. The minimum atomic E-state index is -3.54. The van der Waals surface area contributed by atoms with Crippen LogP contribution in [0, 0.1) is 6.92 Å². The maximum Gasteiger partial charge on any atom is 0.224 e. The van der Waals surface area contributed by atoms with E-state index in [1.807, 2.05) is 49.9 Å². The minimum absolute atomic E-state index is 0.263. The van der Waals surface area contributed by atoms with E-state index in [2.05, 4.69) is 15.3 Å². The fraction of sp³-hybridized carbons (Fsp3) is 0.316. The van der Waals surface area contributed by atoms with Crippen LogP contribution in [-0.4, -0.2) is 53.2 Å². The van der Waals surface area contributed by atoms with Gasteiger partial charge in [0.25, 0.3) is 0 Å². The van der Waals surface area contributed by atoms with Gasteiger partial charge in [0.05, 0.1) is 10.4 Å². The van der Waals surface area contributed by atoms with Crippen LogP contribution in [0.25, 0.3) is 11.0 Å². The van der Waals surface area contributed by atoms with Crippen LogP contribution < -0.4 is 0 Å². The number of aryl methyl sites for hydroxylation is 1. The molecule has 0 aliphatic heterocycles. The number of benzene rings is 2. The maximum atomic E-state index is 12.7. The van der Waals surface area contributed by atoms with Gasteiger partial charge in [-0.15, -0.1) is 5.10 Å². The highest BCUT2D eigenvalue weighted by Gasteiger charge is 2.19. The monoisotopic (exact) mass is 385 g/mol. The third-order valence-corrected chi connectivity index (χ3v) is 5.80. The second-order valence-electron chi connectivity index (χ2n) is 6.18. The SMILES string of the molecule is CCN(CC)/C(=N\CS(=O)(=O)c1ccc(C)cc1)n1nnc2ccccc21. The molecule has 0 aliphatic carbocycles. The standard InChI is InChI=1S/C19H23N5O2S/c1-4-23(5-2)19(24-18-9-7-6-8-17(18)21-22-24)20-14-27(25,26)16-12-10-15(3)11-13-16/h6-13H,4-5,14H2,1-3H3/b20-19+. The zero-order chi connectivity index (χ0) is 19.4. The largest absolute Gasteiger partial charge is 0.342 e. The normalized spacial score (nSPS) is 12.5. The Hall–Kier alpha value is -2.74. The second-order valence-corrected chi connectivity index (χ2v) is 8.14. The molecule has 27 heavy (non-hydrogen) atoms. The highest BCUT2D eigenvalue weighted by Crippen LogP contribution is 2.14. The first kappa shape index (κ1) is 19.0. The van der Waals surface area contributed by atoms with Crippen molar-refractivity contribution in [1.82, 2.24) is 19.9 Å². The minimum Gasteiger partial charge on any atom is -0.342 e. The lowest BCUT2D eigenvalue weighted by molar-refractivity contribution is 0.443. The molecule has 0 unspecified atom stereocenters. The van der Waals surface area contributed by atoms with Crippen molar-refractivity contribution in [2.24, 2.45) is 4.99 Å². The van der Waals surface area contributed by atoms with Crippen molar-refractivity contribution in [2.45, 2.75) is 25.7 Å². The lowest BCUT2D eigenvalue weighted by atomic mass is 10.2. The summed E-state index contributed by atoms with van der Waals surface area (Å²) in [6.45, 7) is 7.25. The first-order chi connectivity index (χ1) is 13.0. The van der Waals surface area contributed by atoms with Crippen molar-refractivity contribution >= 4 is 26.8 Å². The summed E-state index contributed by atoms with van der Waals surface area (Å²) < 4.78 is 27.0. The van der Waals surface area contributed by atoms with Gasteiger partial charge in [-0.05, 0) is 45.0 Å². The molecule has 0 spiro atoms. The molecule has 0 saturated carbocycles. The van der Waals surface area contributed by atoms with Crippen LogP contribution in [0.1, 0.15) is 19.4 Å². The average molecular weight is 385 g/mol. The van der Waals surface area contributed by atoms with E-state index in [4.69, 9.17) is 0 Å². The summed E-state index contributed by atoms with van der Waals surface area (Å²) in [6.07, 6.45) is 0. The molecular weight excluding hydrogens is 362 g/mol. The van der Waals surface area contributed by atoms with Gasteiger partial charge >= 0.3 is 0 Å². The Balaban J connectivity index is 2.02. The van der Waals surface area contributed by atoms with Gasteiger partial charge in [-0.25, -0.2) is 13.4 Å². The van der Waals surface area contributed by atoms with Gasteiger partial charge in [-0.2, -0.15) is 4.68 Å². The second kappa shape index (κ2) is 7.87. The molecule has 0 saturated heterocycles. The van der Waals surface area contributed by atoms with E-state index in [1.165, 1.54) is 0 Å². The summed E-state index contributed by atoms with van der Waals surface area (Å²) in [5, 5.41) is 8.36. The zero-order valence-electron chi connectivity index (χ0n) is 15.7. The smallest absolute Gasteiger partial charge is 0.224 e. The van der Waals surface area contributed by atoms with E-state index in [-0.39, 0.29) is 10.8 Å². The molecule has 0 amide bonds. The summed E-state index contributed by atoms with van der Waals surface area (Å²) in [6, 6.07) is 14.3. The van der Waals surface area contributed by atoms with Gasteiger partial charge in [-0.3, -0.25) is 0 Å². The van der Waals surface area contributed by atoms with Crippen molar-refractivity contribution < 1.29 is 8.42 Å². The number of hydrogen-bond acceptors (Lipinski definition) is 5. The lowest BCUT2D eigenvalue weighted by Gasteiger charge is -2.22. The highest BCUT2D eigenvalue weighted by molar-refractivity contribution is 7.91. The quantitative estimate of drug-likeness (QED) is 0.498. The molecule has 0 aliphatic rings. The van der Waals surface area contributed by atoms with Crippen molar-refractivity contribution in [3.05, 3.63) is 54.1 Å². The number of hydrogen-bond donors (Lipinski definition) is 0. The van der Waals surface area contributed by atoms with Crippen LogP contribution in [0.15, 0.2) is 58.4 Å². The molecule has 3 aromatic rings. The Morgan fingerprint density at radius 1 is 1.07 bits per heavy atom. The van der Waals surface area contributed by atoms with Gasteiger partial charge in [0.2, 0.25) is 5.96 Å². The topological polar surface area (TPSA) is 80.5 Å². The molecule has 0 radical (unpaired) electrons. The Morgan fingerprint density at radius 3 is 2.41 bits per heavy atom. The summed E-state index contributed by atoms with van der Waals surface area (Å²) in [4.78, 5) is 6.67. The van der Waals surface area contributed by atoms with Gasteiger partial charge in [0, 0.05) is 13.1 Å². The van der Waals surface area contributed by atoms with Crippen LogP contribution in [0.5, 0.6) is 0 Å². The number of rotatable bonds is 5. The Labute approximate surface area is 159 Å². The molecule has 2 aromatic carbocycles. The molecule has 0 N–H and O–H groups in total. The molecule has 0 atom stereocenters. The van der Waals surface area contributed by atoms with E-state index in [0.29, 0.717) is 19.0 Å². The van der Waals surface area contributed by atoms with Crippen LogP contribution in [-0.2, 0) is 9.84 Å². The number of sulfone groups is 1. The van der Waals surface area contributed by atoms with Gasteiger partial charge in [0.15, 0.2) is 9.84 Å².